The van der Waals surface area contributed by atoms with Gasteiger partial charge in [-0.3, -0.25) is 4.79 Å². The van der Waals surface area contributed by atoms with Crippen LogP contribution in [-0.2, 0) is 0 Å². The number of benzene rings is 1. The molecule has 0 radical (unpaired) electrons. The van der Waals surface area contributed by atoms with Crippen molar-refractivity contribution in [1.29, 1.82) is 0 Å². The minimum Gasteiger partial charge on any atom is -0.398 e. The van der Waals surface area contributed by atoms with Crippen LogP contribution in [0.5, 0.6) is 0 Å². The van der Waals surface area contributed by atoms with Crippen LogP contribution in [0.15, 0.2) is 18.2 Å². The van der Waals surface area contributed by atoms with E-state index in [2.05, 4.69) is 6.92 Å². The summed E-state index contributed by atoms with van der Waals surface area (Å²) >= 11 is 5.90. The fourth-order valence-corrected chi connectivity index (χ4v) is 3.90. The first-order chi connectivity index (χ1) is 14.1. The van der Waals surface area contributed by atoms with Crippen molar-refractivity contribution in [2.45, 2.75) is 116 Å². The van der Waals surface area contributed by atoms with Crippen LogP contribution in [0.1, 0.15) is 120 Å². The van der Waals surface area contributed by atoms with Crippen molar-refractivity contribution in [2.24, 2.45) is 5.73 Å². The first-order valence-electron chi connectivity index (χ1n) is 11.9. The van der Waals surface area contributed by atoms with Crippen molar-refractivity contribution in [3.8, 4) is 0 Å². The van der Waals surface area contributed by atoms with Gasteiger partial charge in [-0.05, 0) is 24.6 Å². The fourth-order valence-electron chi connectivity index (χ4n) is 3.78. The smallest absolute Gasteiger partial charge is 0.179 e. The lowest BCUT2D eigenvalue weighted by molar-refractivity contribution is 0.0956. The highest BCUT2D eigenvalue weighted by molar-refractivity contribution is 6.33. The average Bonchev–Trinajstić information content (AvgIpc) is 2.72. The van der Waals surface area contributed by atoms with Gasteiger partial charge in [-0.25, -0.2) is 0 Å². The lowest BCUT2D eigenvalue weighted by atomic mass is 9.98. The number of unbranched alkanes of at least 4 members (excludes halogenated alkanes) is 14. The Balaban J connectivity index is 1.93. The van der Waals surface area contributed by atoms with Crippen LogP contribution in [0, 0.1) is 0 Å². The van der Waals surface area contributed by atoms with Crippen LogP contribution in [0.4, 0.5) is 5.69 Å². The van der Waals surface area contributed by atoms with Crippen molar-refractivity contribution >= 4 is 23.1 Å². The lowest BCUT2D eigenvalue weighted by Gasteiger charge is -2.11. The first kappa shape index (κ1) is 26.0. The number of rotatable bonds is 18. The zero-order chi connectivity index (χ0) is 21.3. The Morgan fingerprint density at radius 2 is 1.28 bits per heavy atom. The summed E-state index contributed by atoms with van der Waals surface area (Å²) in [6, 6.07) is 4.53. The zero-order valence-electron chi connectivity index (χ0n) is 18.6. The van der Waals surface area contributed by atoms with Gasteiger partial charge >= 0.3 is 0 Å². The van der Waals surface area contributed by atoms with Gasteiger partial charge in [0.2, 0.25) is 0 Å². The van der Waals surface area contributed by atoms with Gasteiger partial charge in [-0.1, -0.05) is 115 Å². The summed E-state index contributed by atoms with van der Waals surface area (Å²) in [7, 11) is 0. The third-order valence-corrected chi connectivity index (χ3v) is 6.08. The molecule has 4 heteroatoms. The molecule has 3 nitrogen and oxygen atoms in total. The van der Waals surface area contributed by atoms with Gasteiger partial charge in [0.15, 0.2) is 5.78 Å². The van der Waals surface area contributed by atoms with E-state index in [0.29, 0.717) is 16.3 Å². The van der Waals surface area contributed by atoms with E-state index in [-0.39, 0.29) is 5.78 Å². The molecule has 0 bridgehead atoms. The second-order valence-corrected chi connectivity index (χ2v) is 8.85. The Morgan fingerprint density at radius 1 is 0.828 bits per heavy atom. The van der Waals surface area contributed by atoms with Crippen molar-refractivity contribution < 1.29 is 4.79 Å². The number of anilines is 1. The fraction of sp³-hybridized carbons (Fsp3) is 0.720. The Morgan fingerprint density at radius 3 is 1.72 bits per heavy atom. The average molecular weight is 423 g/mol. The van der Waals surface area contributed by atoms with Gasteiger partial charge in [0, 0.05) is 5.56 Å². The molecular formula is C25H43ClN2O. The van der Waals surface area contributed by atoms with Gasteiger partial charge < -0.3 is 11.5 Å². The number of nitrogens with two attached hydrogens (primary N) is 2. The number of ketones is 1. The molecule has 0 aliphatic rings. The SMILES string of the molecule is CCCCCCCCCCCCCCCCCC(N)C(=O)c1ccc(Cl)c(N)c1. The summed E-state index contributed by atoms with van der Waals surface area (Å²) in [5.41, 5.74) is 12.8. The second kappa shape index (κ2) is 16.7. The van der Waals surface area contributed by atoms with E-state index >= 15 is 0 Å². The normalized spacial score (nSPS) is 12.2. The molecule has 29 heavy (non-hydrogen) atoms. The van der Waals surface area contributed by atoms with Crippen molar-refractivity contribution in [3.63, 3.8) is 0 Å². The maximum absolute atomic E-state index is 12.4. The monoisotopic (exact) mass is 422 g/mol. The number of hydrogen-bond donors (Lipinski definition) is 2. The third-order valence-electron chi connectivity index (χ3n) is 5.74. The van der Waals surface area contributed by atoms with Gasteiger partial charge in [0.1, 0.15) is 0 Å². The standard InChI is InChI=1S/C25H43ClN2O/c1-2-3-4-5-6-7-8-9-10-11-12-13-14-15-16-17-23(27)25(29)21-18-19-22(26)24(28)20-21/h18-20,23H,2-17,27-28H2,1H3. The molecule has 166 valence electrons. The zero-order valence-corrected chi connectivity index (χ0v) is 19.3. The molecule has 1 rings (SSSR count). The summed E-state index contributed by atoms with van der Waals surface area (Å²) in [6.07, 6.45) is 20.8. The predicted octanol–water partition coefficient (Wildman–Crippen LogP) is 7.69. The van der Waals surface area contributed by atoms with Crippen molar-refractivity contribution in [3.05, 3.63) is 28.8 Å². The van der Waals surface area contributed by atoms with Gasteiger partial charge in [-0.15, -0.1) is 0 Å². The van der Waals surface area contributed by atoms with E-state index < -0.39 is 6.04 Å². The molecule has 0 amide bonds. The molecule has 0 heterocycles. The van der Waals surface area contributed by atoms with Crippen LogP contribution in [0.25, 0.3) is 0 Å². The number of hydrogen-bond acceptors (Lipinski definition) is 3. The summed E-state index contributed by atoms with van der Waals surface area (Å²) in [5, 5.41) is 0.470. The Bertz CT molecular complexity index is 562. The molecule has 4 N–H and O–H groups in total. The van der Waals surface area contributed by atoms with Gasteiger partial charge in [0.05, 0.1) is 16.8 Å². The molecule has 0 aliphatic carbocycles. The van der Waals surface area contributed by atoms with Gasteiger partial charge in [-0.2, -0.15) is 0 Å². The molecule has 0 aromatic heterocycles. The molecule has 0 fully saturated rings. The van der Waals surface area contributed by atoms with Crippen molar-refractivity contribution in [2.75, 3.05) is 5.73 Å². The quantitative estimate of drug-likeness (QED) is 0.145. The van der Waals surface area contributed by atoms with Gasteiger partial charge in [0.25, 0.3) is 0 Å². The molecule has 0 aliphatic heterocycles. The third kappa shape index (κ3) is 12.3. The largest absolute Gasteiger partial charge is 0.398 e. The highest BCUT2D eigenvalue weighted by Crippen LogP contribution is 2.21. The van der Waals surface area contributed by atoms with E-state index in [9.17, 15) is 4.79 Å². The summed E-state index contributed by atoms with van der Waals surface area (Å²) in [5.74, 6) is -0.0428. The van der Waals surface area contributed by atoms with E-state index in [4.69, 9.17) is 23.1 Å². The topological polar surface area (TPSA) is 69.1 Å². The molecule has 1 atom stereocenters. The number of nitrogen functional groups attached to an aromatic ring is 1. The maximum Gasteiger partial charge on any atom is 0.179 e. The molecule has 0 spiro atoms. The van der Waals surface area contributed by atoms with E-state index in [1.54, 1.807) is 18.2 Å². The predicted molar refractivity (Wildman–Crippen MR) is 128 cm³/mol. The summed E-state index contributed by atoms with van der Waals surface area (Å²) in [6.45, 7) is 2.27. The van der Waals surface area contributed by atoms with Crippen LogP contribution >= 0.6 is 11.6 Å². The van der Waals surface area contributed by atoms with Crippen LogP contribution in [0.2, 0.25) is 5.02 Å². The molecule has 0 saturated carbocycles. The van der Waals surface area contributed by atoms with Crippen LogP contribution < -0.4 is 11.5 Å². The number of carbonyl (C=O) groups is 1. The Hall–Kier alpha value is -1.06. The van der Waals surface area contributed by atoms with Crippen LogP contribution in [-0.4, -0.2) is 11.8 Å². The van der Waals surface area contributed by atoms with E-state index in [0.717, 1.165) is 19.3 Å². The highest BCUT2D eigenvalue weighted by atomic mass is 35.5. The minimum atomic E-state index is -0.447. The minimum absolute atomic E-state index is 0.0428. The summed E-state index contributed by atoms with van der Waals surface area (Å²) < 4.78 is 0. The summed E-state index contributed by atoms with van der Waals surface area (Å²) in [4.78, 5) is 12.4. The molecule has 0 saturated heterocycles. The van der Waals surface area contributed by atoms with E-state index in [1.807, 2.05) is 0 Å². The highest BCUT2D eigenvalue weighted by Gasteiger charge is 2.16. The number of carbonyl (C=O) groups excluding carboxylic acids is 1. The second-order valence-electron chi connectivity index (χ2n) is 8.45. The Labute approximate surface area is 184 Å². The van der Waals surface area contributed by atoms with E-state index in [1.165, 1.54) is 83.5 Å². The molecule has 1 unspecified atom stereocenters. The number of halogens is 1. The Kier molecular flexibility index (Phi) is 15.0. The van der Waals surface area contributed by atoms with Crippen molar-refractivity contribution in [1.82, 2.24) is 0 Å². The number of Topliss-reactive ketones (excluding diaryl/α,β-unsaturated/α-hetero) is 1. The molecular weight excluding hydrogens is 380 g/mol. The first-order valence-corrected chi connectivity index (χ1v) is 12.3. The maximum atomic E-state index is 12.4. The molecule has 1 aromatic carbocycles. The van der Waals surface area contributed by atoms with Crippen LogP contribution in [0.3, 0.4) is 0 Å². The molecule has 1 aromatic rings. The lowest BCUT2D eigenvalue weighted by Crippen LogP contribution is -2.30.